The average molecular weight is 574 g/mol. The maximum absolute atomic E-state index is 13.1. The molecule has 15 nitrogen and oxygen atoms in total. The van der Waals surface area contributed by atoms with E-state index in [0.717, 1.165) is 10.2 Å². The summed E-state index contributed by atoms with van der Waals surface area (Å²) in [5, 5.41) is 24.2. The van der Waals surface area contributed by atoms with Gasteiger partial charge in [-0.3, -0.25) is 19.3 Å². The standard InChI is InChI=1S/C22H20N8O7S2/c1-2-24-22(35)37-27-12(15-26-21(23)36-28-15)16(31)25-13-17(32)30-14(20(33)34)11(9-39-19(13)30)8-29-6-3-4-10-5-7-38-18(10)29/h3-7,13,19H,2,8-9H2,1H3,(H4-,23,24,25,26,28,31,33,34,35)/p+1/t13?,19-/m1/s1. The van der Waals surface area contributed by atoms with Gasteiger partial charge in [0.1, 0.15) is 17.1 Å². The first-order valence-electron chi connectivity index (χ1n) is 11.5. The summed E-state index contributed by atoms with van der Waals surface area (Å²) >= 11 is 2.85. The smallest absolute Gasteiger partial charge is 0.433 e. The molecule has 0 radical (unpaired) electrons. The van der Waals surface area contributed by atoms with Gasteiger partial charge in [0.05, 0.1) is 5.39 Å². The number of nitrogens with zero attached hydrogens (tertiary/aromatic N) is 5. The SMILES string of the molecule is CCNC(=O)ON=C(C(=O)NC1C(=O)N2C(C(=O)O)=C(C[n+]3cccc4ccsc43)CS[C@H]12)c1noc(N)n1. The van der Waals surface area contributed by atoms with E-state index in [-0.39, 0.29) is 30.6 Å². The summed E-state index contributed by atoms with van der Waals surface area (Å²) in [6.45, 7) is 2.19. The zero-order chi connectivity index (χ0) is 27.7. The Labute approximate surface area is 227 Å². The summed E-state index contributed by atoms with van der Waals surface area (Å²) in [5.74, 6) is -2.87. The quantitative estimate of drug-likeness (QED) is 0.0930. The second-order valence-electron chi connectivity index (χ2n) is 8.24. The summed E-state index contributed by atoms with van der Waals surface area (Å²) in [7, 11) is 0. The van der Waals surface area contributed by atoms with Crippen molar-refractivity contribution in [2.75, 3.05) is 18.0 Å². The number of hydrogen-bond acceptors (Lipinski definition) is 12. The van der Waals surface area contributed by atoms with E-state index in [1.165, 1.54) is 28.0 Å². The lowest BCUT2D eigenvalue weighted by Crippen LogP contribution is -2.71. The van der Waals surface area contributed by atoms with Gasteiger partial charge >= 0.3 is 18.1 Å². The number of carbonyl (C=O) groups excluding carboxylic acids is 3. The monoisotopic (exact) mass is 573 g/mol. The van der Waals surface area contributed by atoms with Crippen molar-refractivity contribution >= 4 is 68.9 Å². The molecular formula is C22H21N8O7S2+. The lowest BCUT2D eigenvalue weighted by molar-refractivity contribution is -0.661. The molecule has 3 aromatic heterocycles. The van der Waals surface area contributed by atoms with E-state index < -0.39 is 41.0 Å². The fourth-order valence-electron chi connectivity index (χ4n) is 4.11. The van der Waals surface area contributed by atoms with Crippen LogP contribution in [0.25, 0.3) is 10.2 Å². The number of carboxylic acid groups (broad SMARTS) is 1. The summed E-state index contributed by atoms with van der Waals surface area (Å²) in [6, 6.07) is 4.38. The number of rotatable bonds is 8. The van der Waals surface area contributed by atoms with Crippen molar-refractivity contribution in [3.8, 4) is 0 Å². The molecule has 5 heterocycles. The van der Waals surface area contributed by atoms with E-state index >= 15 is 0 Å². The van der Waals surface area contributed by atoms with Crippen molar-refractivity contribution in [3.63, 3.8) is 0 Å². The predicted molar refractivity (Wildman–Crippen MR) is 137 cm³/mol. The predicted octanol–water partition coefficient (Wildman–Crippen LogP) is 0.0430. The maximum atomic E-state index is 13.1. The van der Waals surface area contributed by atoms with Crippen LogP contribution in [0, 0.1) is 0 Å². The molecule has 2 aliphatic heterocycles. The number of carbonyl (C=O) groups is 4. The molecule has 5 rings (SSSR count). The number of oxime groups is 1. The second kappa shape index (κ2) is 10.7. The first kappa shape index (κ1) is 26.1. The molecule has 0 aromatic carbocycles. The average Bonchev–Trinajstić information content (AvgIpc) is 3.56. The molecule has 2 aliphatic rings. The van der Waals surface area contributed by atoms with Gasteiger partial charge in [0.2, 0.25) is 11.5 Å². The van der Waals surface area contributed by atoms with Crippen LogP contribution in [0.5, 0.6) is 0 Å². The molecule has 39 heavy (non-hydrogen) atoms. The zero-order valence-electron chi connectivity index (χ0n) is 20.2. The van der Waals surface area contributed by atoms with Crippen molar-refractivity contribution in [2.45, 2.75) is 24.9 Å². The molecule has 2 atom stereocenters. The fraction of sp³-hybridized carbons (Fsp3) is 0.273. The summed E-state index contributed by atoms with van der Waals surface area (Å²) < 4.78 is 6.61. The summed E-state index contributed by atoms with van der Waals surface area (Å²) in [4.78, 5) is 60.6. The number of hydrogen-bond donors (Lipinski definition) is 4. The second-order valence-corrected chi connectivity index (χ2v) is 10.2. The number of β-lactam (4-membered cyclic amide) rings is 1. The number of anilines is 1. The third-order valence-electron chi connectivity index (χ3n) is 5.78. The normalized spacial score (nSPS) is 18.9. The van der Waals surface area contributed by atoms with Crippen molar-refractivity contribution in [1.29, 1.82) is 0 Å². The van der Waals surface area contributed by atoms with Gasteiger partial charge in [-0.2, -0.15) is 9.55 Å². The Morgan fingerprint density at radius 1 is 1.38 bits per heavy atom. The molecule has 0 spiro atoms. The third-order valence-corrected chi connectivity index (χ3v) is 8.09. The van der Waals surface area contributed by atoms with Crippen molar-refractivity contribution in [1.82, 2.24) is 25.7 Å². The molecule has 1 fully saturated rings. The van der Waals surface area contributed by atoms with Crippen molar-refractivity contribution < 1.29 is 38.2 Å². The van der Waals surface area contributed by atoms with Crippen LogP contribution in [0.2, 0.25) is 0 Å². The number of nitrogens with two attached hydrogens (primary N) is 1. The molecular weight excluding hydrogens is 552 g/mol. The van der Waals surface area contributed by atoms with Crippen LogP contribution < -0.4 is 20.9 Å². The molecule has 0 aliphatic carbocycles. The highest BCUT2D eigenvalue weighted by Crippen LogP contribution is 2.40. The first-order chi connectivity index (χ1) is 18.8. The lowest BCUT2D eigenvalue weighted by atomic mass is 10.0. The topological polar surface area (TPSA) is 206 Å². The molecule has 1 unspecified atom stereocenters. The van der Waals surface area contributed by atoms with E-state index in [0.29, 0.717) is 11.3 Å². The van der Waals surface area contributed by atoms with E-state index in [2.05, 4.69) is 35.3 Å². The van der Waals surface area contributed by atoms with E-state index in [9.17, 15) is 24.3 Å². The highest BCUT2D eigenvalue weighted by molar-refractivity contribution is 8.00. The van der Waals surface area contributed by atoms with Crippen LogP contribution in [0.15, 0.2) is 50.7 Å². The number of thioether (sulfide) groups is 1. The van der Waals surface area contributed by atoms with Gasteiger partial charge in [0.25, 0.3) is 16.6 Å². The van der Waals surface area contributed by atoms with Crippen LogP contribution >= 0.6 is 23.1 Å². The Balaban J connectivity index is 1.36. The Kier molecular flexibility index (Phi) is 7.16. The van der Waals surface area contributed by atoms with Gasteiger partial charge in [0, 0.05) is 23.9 Å². The third kappa shape index (κ3) is 5.00. The number of amides is 3. The highest BCUT2D eigenvalue weighted by Gasteiger charge is 2.55. The highest BCUT2D eigenvalue weighted by atomic mass is 32.2. The van der Waals surface area contributed by atoms with Gasteiger partial charge in [0.15, 0.2) is 12.7 Å². The maximum Gasteiger partial charge on any atom is 0.433 e. The molecule has 202 valence electrons. The van der Waals surface area contributed by atoms with E-state index in [1.54, 1.807) is 6.92 Å². The molecule has 17 heteroatoms. The largest absolute Gasteiger partial charge is 0.477 e. The van der Waals surface area contributed by atoms with E-state index in [1.807, 2.05) is 34.3 Å². The van der Waals surface area contributed by atoms with Gasteiger partial charge in [-0.15, -0.1) is 11.8 Å². The van der Waals surface area contributed by atoms with Crippen LogP contribution in [0.4, 0.5) is 10.8 Å². The minimum atomic E-state index is -1.24. The number of fused-ring (bicyclic) bond motifs is 2. The van der Waals surface area contributed by atoms with Crippen LogP contribution in [-0.4, -0.2) is 73.4 Å². The van der Waals surface area contributed by atoms with Gasteiger partial charge in [-0.25, -0.2) is 9.59 Å². The number of aromatic nitrogens is 3. The van der Waals surface area contributed by atoms with Crippen LogP contribution in [-0.2, 0) is 25.8 Å². The number of thiophene rings is 1. The molecule has 0 bridgehead atoms. The number of nitrogens with one attached hydrogen (secondary N) is 2. The van der Waals surface area contributed by atoms with Crippen LogP contribution in [0.1, 0.15) is 12.7 Å². The van der Waals surface area contributed by atoms with Gasteiger partial charge in [-0.1, -0.05) is 21.6 Å². The molecule has 5 N–H and O–H groups in total. The fourth-order valence-corrected chi connectivity index (χ4v) is 6.33. The molecule has 3 amide bonds. The zero-order valence-corrected chi connectivity index (χ0v) is 21.8. The van der Waals surface area contributed by atoms with Crippen molar-refractivity contribution in [3.05, 3.63) is 46.9 Å². The lowest BCUT2D eigenvalue weighted by Gasteiger charge is -2.49. The number of aliphatic carboxylic acids is 1. The Morgan fingerprint density at radius 2 is 2.21 bits per heavy atom. The minimum absolute atomic E-state index is 0.116. The number of nitrogen functional groups attached to an aromatic ring is 1. The molecule has 1 saturated heterocycles. The van der Waals surface area contributed by atoms with Crippen LogP contribution in [0.3, 0.4) is 0 Å². The van der Waals surface area contributed by atoms with Crippen molar-refractivity contribution in [2.24, 2.45) is 5.16 Å². The minimum Gasteiger partial charge on any atom is -0.477 e. The van der Waals surface area contributed by atoms with Gasteiger partial charge < -0.3 is 26.0 Å². The molecule has 0 saturated carbocycles. The first-order valence-corrected chi connectivity index (χ1v) is 13.4. The Morgan fingerprint density at radius 3 is 2.92 bits per heavy atom. The van der Waals surface area contributed by atoms with Gasteiger partial charge in [-0.05, 0) is 24.4 Å². The Bertz CT molecular complexity index is 1550. The molecule has 3 aromatic rings. The summed E-state index contributed by atoms with van der Waals surface area (Å²) in [6.07, 6.45) is 0.921. The number of pyridine rings is 1. The Hall–Kier alpha value is -4.51. The van der Waals surface area contributed by atoms with E-state index in [4.69, 9.17) is 5.73 Å². The summed E-state index contributed by atoms with van der Waals surface area (Å²) in [5.41, 5.74) is 5.31. The number of carboxylic acids is 1.